The van der Waals surface area contributed by atoms with E-state index in [9.17, 15) is 9.18 Å². The number of carbonyl (C=O) groups excluding carboxylic acids is 1. The van der Waals surface area contributed by atoms with Crippen LogP contribution in [-0.4, -0.2) is 5.78 Å². The van der Waals surface area contributed by atoms with Gasteiger partial charge in [-0.25, -0.2) is 4.39 Å². The molecule has 20 heavy (non-hydrogen) atoms. The monoisotopic (exact) mass is 304 g/mol. The van der Waals surface area contributed by atoms with E-state index in [4.69, 9.17) is 11.6 Å². The van der Waals surface area contributed by atoms with Crippen molar-refractivity contribution in [3.8, 4) is 0 Å². The lowest BCUT2D eigenvalue weighted by Crippen LogP contribution is -2.05. The van der Waals surface area contributed by atoms with E-state index < -0.39 is 5.82 Å². The van der Waals surface area contributed by atoms with E-state index in [1.165, 1.54) is 17.4 Å². The van der Waals surface area contributed by atoms with Crippen molar-refractivity contribution in [2.24, 2.45) is 0 Å². The van der Waals surface area contributed by atoms with Gasteiger partial charge in [0.25, 0.3) is 0 Å². The second-order valence-corrected chi connectivity index (χ2v) is 5.78. The van der Waals surface area contributed by atoms with Crippen LogP contribution in [-0.2, 0) is 6.42 Å². The minimum absolute atomic E-state index is 0.0173. The molecular weight excluding hydrogens is 295 g/mol. The van der Waals surface area contributed by atoms with Gasteiger partial charge in [-0.3, -0.25) is 4.79 Å². The fourth-order valence-electron chi connectivity index (χ4n) is 2.17. The topological polar surface area (TPSA) is 17.1 Å². The molecule has 0 atom stereocenters. The highest BCUT2D eigenvalue weighted by Gasteiger charge is 2.15. The zero-order chi connectivity index (χ0) is 14.1. The predicted molar refractivity (Wildman–Crippen MR) is 81.3 cm³/mol. The Morgan fingerprint density at radius 1 is 1.15 bits per heavy atom. The first-order chi connectivity index (χ1) is 9.66. The molecule has 0 N–H and O–H groups in total. The molecule has 1 nitrogen and oxygen atoms in total. The molecule has 0 aliphatic rings. The Hall–Kier alpha value is -1.71. The van der Waals surface area contributed by atoms with Crippen molar-refractivity contribution < 1.29 is 9.18 Å². The van der Waals surface area contributed by atoms with Crippen molar-refractivity contribution >= 4 is 38.8 Å². The third kappa shape index (κ3) is 2.35. The molecular formula is C16H10ClFOS. The van der Waals surface area contributed by atoms with Gasteiger partial charge in [0, 0.05) is 16.7 Å². The summed E-state index contributed by atoms with van der Waals surface area (Å²) in [5.74, 6) is -0.611. The van der Waals surface area contributed by atoms with Gasteiger partial charge in [0.1, 0.15) is 5.82 Å². The summed E-state index contributed by atoms with van der Waals surface area (Å²) in [5, 5.41) is 3.03. The fraction of sp³-hybridized carbons (Fsp3) is 0.0625. The molecule has 1 aromatic heterocycles. The van der Waals surface area contributed by atoms with Crippen molar-refractivity contribution in [3.05, 3.63) is 69.8 Å². The van der Waals surface area contributed by atoms with Crippen molar-refractivity contribution in [2.75, 3.05) is 0 Å². The zero-order valence-electron chi connectivity index (χ0n) is 10.4. The van der Waals surface area contributed by atoms with Crippen molar-refractivity contribution in [3.63, 3.8) is 0 Å². The van der Waals surface area contributed by atoms with Crippen LogP contribution >= 0.6 is 22.9 Å². The summed E-state index contributed by atoms with van der Waals surface area (Å²) in [6, 6.07) is 12.3. The number of halogens is 2. The second-order valence-electron chi connectivity index (χ2n) is 4.46. The number of rotatable bonds is 3. The number of fused-ring (bicyclic) bond motifs is 1. The minimum atomic E-state index is -0.513. The van der Waals surface area contributed by atoms with E-state index in [1.54, 1.807) is 18.2 Å². The van der Waals surface area contributed by atoms with Gasteiger partial charge in [-0.05, 0) is 34.5 Å². The lowest BCUT2D eigenvalue weighted by atomic mass is 10.0. The molecule has 3 rings (SSSR count). The molecule has 0 aliphatic heterocycles. The van der Waals surface area contributed by atoms with Crippen LogP contribution in [0.2, 0.25) is 5.02 Å². The van der Waals surface area contributed by atoms with E-state index in [-0.39, 0.29) is 17.2 Å². The van der Waals surface area contributed by atoms with E-state index in [0.717, 1.165) is 10.1 Å². The average Bonchev–Trinajstić information content (AvgIpc) is 2.92. The van der Waals surface area contributed by atoms with Crippen molar-refractivity contribution in [1.29, 1.82) is 0 Å². The summed E-state index contributed by atoms with van der Waals surface area (Å²) in [6.45, 7) is 0. The van der Waals surface area contributed by atoms with E-state index in [1.807, 2.05) is 23.6 Å². The summed E-state index contributed by atoms with van der Waals surface area (Å²) in [4.78, 5) is 12.4. The van der Waals surface area contributed by atoms with Crippen molar-refractivity contribution in [2.45, 2.75) is 6.42 Å². The maximum Gasteiger partial charge on any atom is 0.168 e. The molecule has 0 saturated carbocycles. The molecule has 0 unspecified atom stereocenters. The van der Waals surface area contributed by atoms with Crippen LogP contribution in [0.3, 0.4) is 0 Å². The highest BCUT2D eigenvalue weighted by molar-refractivity contribution is 7.17. The average molecular weight is 305 g/mol. The number of carbonyl (C=O) groups is 1. The largest absolute Gasteiger partial charge is 0.294 e. The van der Waals surface area contributed by atoms with Gasteiger partial charge in [0.2, 0.25) is 0 Å². The quantitative estimate of drug-likeness (QED) is 0.614. The van der Waals surface area contributed by atoms with Crippen LogP contribution in [0.25, 0.3) is 10.1 Å². The highest BCUT2D eigenvalue weighted by atomic mass is 35.5. The van der Waals surface area contributed by atoms with Crippen LogP contribution in [0.1, 0.15) is 15.9 Å². The Balaban J connectivity index is 1.97. The molecule has 0 saturated heterocycles. The summed E-state index contributed by atoms with van der Waals surface area (Å²) in [6.07, 6.45) is 0.0173. The van der Waals surface area contributed by atoms with E-state index in [0.29, 0.717) is 11.1 Å². The van der Waals surface area contributed by atoms with Crippen LogP contribution < -0.4 is 0 Å². The van der Waals surface area contributed by atoms with Gasteiger partial charge >= 0.3 is 0 Å². The first-order valence-electron chi connectivity index (χ1n) is 6.09. The van der Waals surface area contributed by atoms with E-state index >= 15 is 0 Å². The van der Waals surface area contributed by atoms with Crippen LogP contribution in [0.5, 0.6) is 0 Å². The summed E-state index contributed by atoms with van der Waals surface area (Å²) < 4.78 is 14.8. The number of Topliss-reactive ketones (excluding diaryl/α,β-unsaturated/α-hetero) is 1. The van der Waals surface area contributed by atoms with Gasteiger partial charge < -0.3 is 0 Å². The van der Waals surface area contributed by atoms with Crippen molar-refractivity contribution in [1.82, 2.24) is 0 Å². The van der Waals surface area contributed by atoms with E-state index in [2.05, 4.69) is 0 Å². The maximum absolute atomic E-state index is 13.9. The molecule has 100 valence electrons. The molecule has 3 aromatic rings. The Kier molecular flexibility index (Phi) is 3.55. The number of benzene rings is 2. The molecule has 0 bridgehead atoms. The van der Waals surface area contributed by atoms with Gasteiger partial charge in [-0.1, -0.05) is 35.9 Å². The van der Waals surface area contributed by atoms with Crippen LogP contribution in [0, 0.1) is 5.82 Å². The Bertz CT molecular complexity index is 794. The predicted octanol–water partition coefficient (Wildman–Crippen LogP) is 5.12. The molecule has 1 heterocycles. The Morgan fingerprint density at radius 2 is 1.95 bits per heavy atom. The third-order valence-electron chi connectivity index (χ3n) is 3.16. The number of hydrogen-bond donors (Lipinski definition) is 0. The smallest absolute Gasteiger partial charge is 0.168 e. The second kappa shape index (κ2) is 5.35. The summed E-state index contributed by atoms with van der Waals surface area (Å²) >= 11 is 7.26. The minimum Gasteiger partial charge on any atom is -0.294 e. The van der Waals surface area contributed by atoms with Gasteiger partial charge in [-0.15, -0.1) is 11.3 Å². The standard InChI is InChI=1S/C16H10ClFOS/c17-13-6-2-4-11(15(13)18)9-14(19)12-5-1-3-10-7-8-20-16(10)12/h1-8H,9H2. The lowest BCUT2D eigenvalue weighted by molar-refractivity contribution is 0.0993. The van der Waals surface area contributed by atoms with Gasteiger partial charge in [0.05, 0.1) is 5.02 Å². The van der Waals surface area contributed by atoms with Gasteiger partial charge in [-0.2, -0.15) is 0 Å². The molecule has 0 aliphatic carbocycles. The fourth-order valence-corrected chi connectivity index (χ4v) is 3.29. The normalized spacial score (nSPS) is 10.9. The first-order valence-corrected chi connectivity index (χ1v) is 7.35. The molecule has 4 heteroatoms. The first kappa shape index (κ1) is 13.3. The lowest BCUT2D eigenvalue weighted by Gasteiger charge is -2.05. The number of hydrogen-bond acceptors (Lipinski definition) is 2. The maximum atomic E-state index is 13.9. The Morgan fingerprint density at radius 3 is 2.80 bits per heavy atom. The summed E-state index contributed by atoms with van der Waals surface area (Å²) in [7, 11) is 0. The number of ketones is 1. The molecule has 0 fully saturated rings. The highest BCUT2D eigenvalue weighted by Crippen LogP contribution is 2.26. The number of thiophene rings is 1. The van der Waals surface area contributed by atoms with Gasteiger partial charge in [0.15, 0.2) is 5.78 Å². The molecule has 0 amide bonds. The third-order valence-corrected chi connectivity index (χ3v) is 4.42. The molecule has 0 radical (unpaired) electrons. The van der Waals surface area contributed by atoms with Crippen LogP contribution in [0.4, 0.5) is 4.39 Å². The zero-order valence-corrected chi connectivity index (χ0v) is 12.0. The molecule has 2 aromatic carbocycles. The molecule has 0 spiro atoms. The Labute approximate surface area is 124 Å². The summed E-state index contributed by atoms with van der Waals surface area (Å²) in [5.41, 5.74) is 0.966. The van der Waals surface area contributed by atoms with Crippen LogP contribution in [0.15, 0.2) is 47.8 Å². The SMILES string of the molecule is O=C(Cc1cccc(Cl)c1F)c1cccc2ccsc12.